The average molecular weight is 318 g/mol. The lowest BCUT2D eigenvalue weighted by Gasteiger charge is -2.27. The van der Waals surface area contributed by atoms with Gasteiger partial charge in [-0.2, -0.15) is 13.2 Å². The Hall–Kier alpha value is -1.67. The summed E-state index contributed by atoms with van der Waals surface area (Å²) in [4.78, 5) is 13.3. The number of terminal acetylenes is 1. The maximum Gasteiger partial charge on any atom is 0.416 e. The van der Waals surface area contributed by atoms with E-state index in [0.717, 1.165) is 12.1 Å². The lowest BCUT2D eigenvalue weighted by atomic mass is 10.1. The summed E-state index contributed by atoms with van der Waals surface area (Å²) in [7, 11) is 0. The highest BCUT2D eigenvalue weighted by molar-refractivity contribution is 6.27. The van der Waals surface area contributed by atoms with Crippen LogP contribution in [0, 0.1) is 12.3 Å². The second kappa shape index (κ2) is 7.37. The van der Waals surface area contributed by atoms with Gasteiger partial charge in [-0.1, -0.05) is 12.1 Å². The van der Waals surface area contributed by atoms with Gasteiger partial charge in [0.05, 0.1) is 5.56 Å². The zero-order chi connectivity index (χ0) is 16.0. The highest BCUT2D eigenvalue weighted by Crippen LogP contribution is 2.29. The Balaban J connectivity index is 2.89. The minimum Gasteiger partial charge on any atom is -0.334 e. The molecule has 0 N–H and O–H groups in total. The second-order valence-corrected chi connectivity index (χ2v) is 4.87. The van der Waals surface area contributed by atoms with Gasteiger partial charge in [0.2, 0.25) is 5.91 Å². The molecule has 0 aliphatic heterocycles. The van der Waals surface area contributed by atoms with Crippen molar-refractivity contribution in [2.75, 3.05) is 5.88 Å². The molecule has 6 heteroatoms. The monoisotopic (exact) mass is 317 g/mol. The first kappa shape index (κ1) is 17.4. The fourth-order valence-corrected chi connectivity index (χ4v) is 2.00. The van der Waals surface area contributed by atoms with E-state index in [0.29, 0.717) is 12.0 Å². The molecule has 1 amide bonds. The van der Waals surface area contributed by atoms with Crippen LogP contribution in [0.15, 0.2) is 24.3 Å². The fourth-order valence-electron chi connectivity index (χ4n) is 1.84. The van der Waals surface area contributed by atoms with Gasteiger partial charge in [-0.05, 0) is 24.6 Å². The number of hydrogen-bond acceptors (Lipinski definition) is 1. The van der Waals surface area contributed by atoms with Crippen molar-refractivity contribution in [1.29, 1.82) is 0 Å². The van der Waals surface area contributed by atoms with E-state index in [9.17, 15) is 18.0 Å². The Morgan fingerprint density at radius 3 is 2.38 bits per heavy atom. The normalized spacial score (nSPS) is 12.6. The van der Waals surface area contributed by atoms with E-state index in [1.165, 1.54) is 17.0 Å². The third-order valence-corrected chi connectivity index (χ3v) is 3.24. The highest BCUT2D eigenvalue weighted by Gasteiger charge is 2.30. The summed E-state index contributed by atoms with van der Waals surface area (Å²) in [5.74, 6) is 1.95. The van der Waals surface area contributed by atoms with Gasteiger partial charge >= 0.3 is 6.18 Å². The molecule has 0 aromatic heterocycles. The number of nitrogens with zero attached hydrogens (tertiary/aromatic N) is 1. The molecule has 1 rings (SSSR count). The maximum atomic E-state index is 12.5. The van der Waals surface area contributed by atoms with Gasteiger partial charge in [-0.25, -0.2) is 0 Å². The van der Waals surface area contributed by atoms with Crippen LogP contribution in [0.4, 0.5) is 13.2 Å². The Bertz CT molecular complexity index is 519. The number of hydrogen-bond donors (Lipinski definition) is 0. The van der Waals surface area contributed by atoms with E-state index in [4.69, 9.17) is 18.0 Å². The van der Waals surface area contributed by atoms with Crippen LogP contribution >= 0.6 is 11.6 Å². The van der Waals surface area contributed by atoms with Gasteiger partial charge in [0.15, 0.2) is 0 Å². The van der Waals surface area contributed by atoms with Crippen molar-refractivity contribution in [3.8, 4) is 12.3 Å². The molecule has 0 saturated heterocycles. The van der Waals surface area contributed by atoms with Crippen LogP contribution in [-0.2, 0) is 17.5 Å². The summed E-state index contributed by atoms with van der Waals surface area (Å²) in [5.41, 5.74) is -0.136. The SMILES string of the molecule is C#CCC(C)N(Cc1ccc(C(F)(F)F)cc1)C(=O)CCl. The van der Waals surface area contributed by atoms with E-state index in [-0.39, 0.29) is 24.4 Å². The third-order valence-electron chi connectivity index (χ3n) is 3.01. The first-order valence-corrected chi connectivity index (χ1v) is 6.78. The quantitative estimate of drug-likeness (QED) is 0.599. The van der Waals surface area contributed by atoms with Crippen LogP contribution in [-0.4, -0.2) is 22.7 Å². The minimum atomic E-state index is -4.37. The molecule has 0 saturated carbocycles. The van der Waals surface area contributed by atoms with E-state index < -0.39 is 11.7 Å². The summed E-state index contributed by atoms with van der Waals surface area (Å²) >= 11 is 5.55. The predicted molar refractivity (Wildman–Crippen MR) is 75.6 cm³/mol. The minimum absolute atomic E-state index is 0.173. The maximum absolute atomic E-state index is 12.5. The number of rotatable bonds is 5. The number of benzene rings is 1. The van der Waals surface area contributed by atoms with Crippen molar-refractivity contribution in [1.82, 2.24) is 4.90 Å². The number of halogens is 4. The number of amides is 1. The van der Waals surface area contributed by atoms with E-state index in [1.807, 2.05) is 0 Å². The molecular formula is C15H15ClF3NO. The zero-order valence-corrected chi connectivity index (χ0v) is 12.2. The van der Waals surface area contributed by atoms with Crippen molar-refractivity contribution >= 4 is 17.5 Å². The van der Waals surface area contributed by atoms with E-state index in [2.05, 4.69) is 5.92 Å². The van der Waals surface area contributed by atoms with Crippen molar-refractivity contribution in [3.05, 3.63) is 35.4 Å². The van der Waals surface area contributed by atoms with Crippen molar-refractivity contribution in [3.63, 3.8) is 0 Å². The Morgan fingerprint density at radius 2 is 1.95 bits per heavy atom. The highest BCUT2D eigenvalue weighted by atomic mass is 35.5. The predicted octanol–water partition coefficient (Wildman–Crippen LogP) is 3.68. The Morgan fingerprint density at radius 1 is 1.38 bits per heavy atom. The Labute approximate surface area is 126 Å². The van der Waals surface area contributed by atoms with Crippen LogP contribution in [0.2, 0.25) is 0 Å². The van der Waals surface area contributed by atoms with Crippen LogP contribution in [0.3, 0.4) is 0 Å². The van der Waals surface area contributed by atoms with Gasteiger partial charge in [0.1, 0.15) is 5.88 Å². The first-order valence-electron chi connectivity index (χ1n) is 6.24. The summed E-state index contributed by atoms with van der Waals surface area (Å²) < 4.78 is 37.5. The lowest BCUT2D eigenvalue weighted by Crippen LogP contribution is -2.38. The molecule has 1 aromatic rings. The summed E-state index contributed by atoms with van der Waals surface area (Å²) in [6, 6.07) is 4.44. The summed E-state index contributed by atoms with van der Waals surface area (Å²) in [6.07, 6.45) is 1.20. The molecule has 0 radical (unpaired) electrons. The molecule has 0 bridgehead atoms. The van der Waals surface area contributed by atoms with Gasteiger partial charge < -0.3 is 4.90 Å². The molecule has 114 valence electrons. The smallest absolute Gasteiger partial charge is 0.334 e. The molecule has 0 aliphatic carbocycles. The van der Waals surface area contributed by atoms with E-state index in [1.54, 1.807) is 6.92 Å². The molecule has 2 nitrogen and oxygen atoms in total. The molecule has 1 atom stereocenters. The van der Waals surface area contributed by atoms with Crippen molar-refractivity contribution in [2.24, 2.45) is 0 Å². The summed E-state index contributed by atoms with van der Waals surface area (Å²) in [5, 5.41) is 0. The zero-order valence-electron chi connectivity index (χ0n) is 11.5. The standard InChI is InChI=1S/C15H15ClF3NO/c1-3-4-11(2)20(14(21)9-16)10-12-5-7-13(8-6-12)15(17,18)19/h1,5-8,11H,4,9-10H2,2H3. The molecule has 1 unspecified atom stereocenters. The molecule has 0 heterocycles. The van der Waals surface area contributed by atoms with Gasteiger partial charge in [-0.15, -0.1) is 23.9 Å². The van der Waals surface area contributed by atoms with Crippen molar-refractivity contribution in [2.45, 2.75) is 32.1 Å². The van der Waals surface area contributed by atoms with Crippen LogP contribution < -0.4 is 0 Å². The molecule has 0 aliphatic rings. The Kier molecular flexibility index (Phi) is 6.10. The molecule has 0 fully saturated rings. The molecule has 1 aromatic carbocycles. The van der Waals surface area contributed by atoms with Gasteiger partial charge in [0.25, 0.3) is 0 Å². The number of alkyl halides is 4. The second-order valence-electron chi connectivity index (χ2n) is 4.61. The van der Waals surface area contributed by atoms with Crippen LogP contribution in [0.5, 0.6) is 0 Å². The first-order chi connectivity index (χ1) is 9.79. The third kappa shape index (κ3) is 4.98. The van der Waals surface area contributed by atoms with Gasteiger partial charge in [-0.3, -0.25) is 4.79 Å². The number of carbonyl (C=O) groups excluding carboxylic acids is 1. The van der Waals surface area contributed by atoms with E-state index >= 15 is 0 Å². The van der Waals surface area contributed by atoms with Crippen molar-refractivity contribution < 1.29 is 18.0 Å². The van der Waals surface area contributed by atoms with Crippen LogP contribution in [0.1, 0.15) is 24.5 Å². The number of carbonyl (C=O) groups is 1. The molecule has 21 heavy (non-hydrogen) atoms. The fraction of sp³-hybridized carbons (Fsp3) is 0.400. The molecular weight excluding hydrogens is 303 g/mol. The van der Waals surface area contributed by atoms with Crippen LogP contribution in [0.25, 0.3) is 0 Å². The largest absolute Gasteiger partial charge is 0.416 e. The summed E-state index contributed by atoms with van der Waals surface area (Å²) in [6.45, 7) is 1.95. The van der Waals surface area contributed by atoms with Gasteiger partial charge in [0, 0.05) is 19.0 Å². The molecule has 0 spiro atoms. The lowest BCUT2D eigenvalue weighted by molar-refractivity contribution is -0.137. The average Bonchev–Trinajstić information content (AvgIpc) is 2.43. The topological polar surface area (TPSA) is 20.3 Å².